The molecule has 3 aromatic rings. The first kappa shape index (κ1) is 22.4. The topological polar surface area (TPSA) is 103 Å². The third kappa shape index (κ3) is 4.90. The van der Waals surface area contributed by atoms with Crippen molar-refractivity contribution < 1.29 is 9.72 Å². The molecule has 8 nitrogen and oxygen atoms in total. The highest BCUT2D eigenvalue weighted by atomic mass is 16.6. The molecule has 2 aromatic heterocycles. The third-order valence-electron chi connectivity index (χ3n) is 5.24. The molecule has 1 aromatic carbocycles. The highest BCUT2D eigenvalue weighted by Crippen LogP contribution is 2.27. The second kappa shape index (κ2) is 8.83. The maximum absolute atomic E-state index is 12.4. The van der Waals surface area contributed by atoms with Crippen molar-refractivity contribution in [2.75, 3.05) is 5.32 Å². The zero-order valence-electron chi connectivity index (χ0n) is 18.7. The molecular formula is C23H29N5O3. The lowest BCUT2D eigenvalue weighted by Crippen LogP contribution is -2.28. The second-order valence-corrected chi connectivity index (χ2v) is 8.82. The maximum atomic E-state index is 12.4. The largest absolute Gasteiger partial charge is 0.324 e. The summed E-state index contributed by atoms with van der Waals surface area (Å²) in [6.45, 7) is 10.1. The van der Waals surface area contributed by atoms with E-state index >= 15 is 0 Å². The molecule has 164 valence electrons. The average molecular weight is 424 g/mol. The summed E-state index contributed by atoms with van der Waals surface area (Å²) in [6, 6.07) is 6.63. The summed E-state index contributed by atoms with van der Waals surface area (Å²) >= 11 is 0. The van der Waals surface area contributed by atoms with Crippen LogP contribution in [0, 0.1) is 22.5 Å². The van der Waals surface area contributed by atoms with Gasteiger partial charge in [0.25, 0.3) is 5.69 Å². The normalized spacial score (nSPS) is 11.6. The van der Waals surface area contributed by atoms with Gasteiger partial charge in [0.05, 0.1) is 23.4 Å². The third-order valence-corrected chi connectivity index (χ3v) is 5.24. The van der Waals surface area contributed by atoms with Gasteiger partial charge in [-0.1, -0.05) is 46.2 Å². The van der Waals surface area contributed by atoms with Crippen LogP contribution in [-0.2, 0) is 17.8 Å². The number of non-ortho nitro benzene ring substituents is 1. The van der Waals surface area contributed by atoms with Crippen LogP contribution in [0.4, 0.5) is 11.4 Å². The number of rotatable bonds is 7. The molecule has 0 unspecified atom stereocenters. The van der Waals surface area contributed by atoms with Gasteiger partial charge >= 0.3 is 0 Å². The number of hydrogen-bond acceptors (Lipinski definition) is 5. The van der Waals surface area contributed by atoms with Crippen LogP contribution in [0.5, 0.6) is 0 Å². The molecule has 1 amide bonds. The first-order chi connectivity index (χ1) is 14.6. The van der Waals surface area contributed by atoms with Gasteiger partial charge in [-0.2, -0.15) is 0 Å². The lowest BCUT2D eigenvalue weighted by molar-refractivity contribution is -0.384. The number of aryl methyl sites for hydroxylation is 2. The molecule has 0 saturated heterocycles. The Morgan fingerprint density at radius 1 is 1.29 bits per heavy atom. The number of amides is 1. The summed E-state index contributed by atoms with van der Waals surface area (Å²) in [6.07, 6.45) is 4.45. The number of nitrogens with zero attached hydrogens (tertiary/aromatic N) is 4. The second-order valence-electron chi connectivity index (χ2n) is 8.82. The van der Waals surface area contributed by atoms with Crippen LogP contribution in [0.15, 0.2) is 30.5 Å². The van der Waals surface area contributed by atoms with E-state index in [9.17, 15) is 14.9 Å². The summed E-state index contributed by atoms with van der Waals surface area (Å²) in [7, 11) is 0. The van der Waals surface area contributed by atoms with Crippen molar-refractivity contribution in [2.24, 2.45) is 5.41 Å². The summed E-state index contributed by atoms with van der Waals surface area (Å²) in [4.78, 5) is 32.7. The number of unbranched alkanes of at least 4 members (excludes halogenated alkanes) is 1. The quantitative estimate of drug-likeness (QED) is 0.424. The van der Waals surface area contributed by atoms with Gasteiger partial charge in [-0.05, 0) is 18.9 Å². The Morgan fingerprint density at radius 2 is 2.03 bits per heavy atom. The Morgan fingerprint density at radius 3 is 2.68 bits per heavy atom. The zero-order valence-corrected chi connectivity index (χ0v) is 18.7. The van der Waals surface area contributed by atoms with Crippen molar-refractivity contribution in [3.63, 3.8) is 0 Å². The van der Waals surface area contributed by atoms with Gasteiger partial charge in [0.15, 0.2) is 5.65 Å². The standard InChI is InChI=1S/C23H29N5O3/c1-6-7-11-19-26-20-15(2)18(25-22(29)23(3,4)5)13-24-21(20)27(19)14-16-9-8-10-17(12-16)28(30)31/h8-10,12-13H,6-7,11,14H2,1-5H3,(H,25,29). The van der Waals surface area contributed by atoms with Crippen molar-refractivity contribution in [1.82, 2.24) is 14.5 Å². The van der Waals surface area contributed by atoms with Crippen molar-refractivity contribution in [3.8, 4) is 0 Å². The smallest absolute Gasteiger partial charge is 0.269 e. The van der Waals surface area contributed by atoms with Crippen LogP contribution >= 0.6 is 0 Å². The van der Waals surface area contributed by atoms with E-state index < -0.39 is 5.41 Å². The molecule has 0 radical (unpaired) electrons. The predicted octanol–water partition coefficient (Wildman–Crippen LogP) is 5.02. The minimum Gasteiger partial charge on any atom is -0.324 e. The van der Waals surface area contributed by atoms with Crippen LogP contribution in [0.1, 0.15) is 57.5 Å². The van der Waals surface area contributed by atoms with Crippen LogP contribution in [0.25, 0.3) is 11.2 Å². The molecule has 0 atom stereocenters. The Labute approximate surface area is 181 Å². The molecule has 31 heavy (non-hydrogen) atoms. The van der Waals surface area contributed by atoms with E-state index in [-0.39, 0.29) is 16.5 Å². The fraction of sp³-hybridized carbons (Fsp3) is 0.435. The van der Waals surface area contributed by atoms with E-state index in [1.165, 1.54) is 6.07 Å². The van der Waals surface area contributed by atoms with E-state index in [1.807, 2.05) is 38.3 Å². The first-order valence-electron chi connectivity index (χ1n) is 10.5. The zero-order chi connectivity index (χ0) is 22.8. The number of nitro groups is 1. The van der Waals surface area contributed by atoms with E-state index in [0.717, 1.165) is 41.7 Å². The Bertz CT molecular complexity index is 1130. The summed E-state index contributed by atoms with van der Waals surface area (Å²) in [5.41, 5.74) is 3.32. The number of benzene rings is 1. The van der Waals surface area contributed by atoms with E-state index in [0.29, 0.717) is 17.9 Å². The number of imidazole rings is 1. The number of carbonyl (C=O) groups is 1. The molecule has 3 rings (SSSR count). The average Bonchev–Trinajstić information content (AvgIpc) is 3.06. The van der Waals surface area contributed by atoms with Crippen molar-refractivity contribution in [3.05, 3.63) is 57.5 Å². The molecule has 0 aliphatic heterocycles. The van der Waals surface area contributed by atoms with Gasteiger partial charge in [0, 0.05) is 29.5 Å². The summed E-state index contributed by atoms with van der Waals surface area (Å²) < 4.78 is 2.02. The number of pyridine rings is 1. The molecule has 0 spiro atoms. The van der Waals surface area contributed by atoms with Crippen molar-refractivity contribution in [2.45, 2.75) is 60.4 Å². The Kier molecular flexibility index (Phi) is 6.38. The van der Waals surface area contributed by atoms with Crippen LogP contribution in [0.2, 0.25) is 0 Å². The van der Waals surface area contributed by atoms with Gasteiger partial charge in [0.2, 0.25) is 5.91 Å². The number of carbonyl (C=O) groups excluding carboxylic acids is 1. The lowest BCUT2D eigenvalue weighted by Gasteiger charge is -2.18. The minimum absolute atomic E-state index is 0.0633. The van der Waals surface area contributed by atoms with Crippen molar-refractivity contribution >= 4 is 28.4 Å². The number of anilines is 1. The molecule has 2 heterocycles. The molecular weight excluding hydrogens is 394 g/mol. The van der Waals surface area contributed by atoms with Crippen LogP contribution in [0.3, 0.4) is 0 Å². The van der Waals surface area contributed by atoms with Gasteiger partial charge in [-0.15, -0.1) is 0 Å². The first-order valence-corrected chi connectivity index (χ1v) is 10.5. The van der Waals surface area contributed by atoms with Crippen LogP contribution in [-0.4, -0.2) is 25.4 Å². The molecule has 0 bridgehead atoms. The van der Waals surface area contributed by atoms with Crippen LogP contribution < -0.4 is 5.32 Å². The fourth-order valence-corrected chi connectivity index (χ4v) is 3.30. The monoisotopic (exact) mass is 423 g/mol. The van der Waals surface area contributed by atoms with Gasteiger partial charge in [-0.25, -0.2) is 9.97 Å². The molecule has 0 saturated carbocycles. The minimum atomic E-state index is -0.519. The highest BCUT2D eigenvalue weighted by Gasteiger charge is 2.23. The van der Waals surface area contributed by atoms with Crippen molar-refractivity contribution in [1.29, 1.82) is 0 Å². The van der Waals surface area contributed by atoms with E-state index in [2.05, 4.69) is 17.2 Å². The fourth-order valence-electron chi connectivity index (χ4n) is 3.30. The number of hydrogen-bond donors (Lipinski definition) is 1. The number of nitrogens with one attached hydrogen (secondary N) is 1. The lowest BCUT2D eigenvalue weighted by atomic mass is 9.95. The van der Waals surface area contributed by atoms with Gasteiger partial charge < -0.3 is 9.88 Å². The van der Waals surface area contributed by atoms with E-state index in [4.69, 9.17) is 4.98 Å². The number of nitro benzene ring substituents is 1. The maximum Gasteiger partial charge on any atom is 0.269 e. The molecule has 8 heteroatoms. The SMILES string of the molecule is CCCCc1nc2c(C)c(NC(=O)C(C)(C)C)cnc2n1Cc1cccc([N+](=O)[O-])c1. The van der Waals surface area contributed by atoms with Gasteiger partial charge in [0.1, 0.15) is 11.3 Å². The molecule has 0 aliphatic carbocycles. The molecule has 1 N–H and O–H groups in total. The molecule has 0 aliphatic rings. The van der Waals surface area contributed by atoms with E-state index in [1.54, 1.807) is 18.3 Å². The summed E-state index contributed by atoms with van der Waals surface area (Å²) in [5, 5.41) is 14.1. The Balaban J connectivity index is 2.05. The highest BCUT2D eigenvalue weighted by molar-refractivity contribution is 5.97. The molecule has 0 fully saturated rings. The number of fused-ring (bicyclic) bond motifs is 1. The Hall–Kier alpha value is -3.29. The summed E-state index contributed by atoms with van der Waals surface area (Å²) in [5.74, 6) is 0.803. The predicted molar refractivity (Wildman–Crippen MR) is 121 cm³/mol. The van der Waals surface area contributed by atoms with Gasteiger partial charge in [-0.3, -0.25) is 14.9 Å². The number of aromatic nitrogens is 3.